The van der Waals surface area contributed by atoms with E-state index in [9.17, 15) is 4.79 Å². The van der Waals surface area contributed by atoms with Crippen molar-refractivity contribution < 1.29 is 4.79 Å². The van der Waals surface area contributed by atoms with Crippen molar-refractivity contribution in [2.75, 3.05) is 10.8 Å². The number of amides is 2. The fourth-order valence-corrected chi connectivity index (χ4v) is 2.47. The van der Waals surface area contributed by atoms with Gasteiger partial charge in [-0.15, -0.1) is 0 Å². The Morgan fingerprint density at radius 2 is 1.45 bits per heavy atom. The molecule has 3 rings (SSSR count). The summed E-state index contributed by atoms with van der Waals surface area (Å²) in [7, 11) is 0. The Morgan fingerprint density at radius 1 is 0.950 bits per heavy atom. The van der Waals surface area contributed by atoms with E-state index in [1.165, 1.54) is 0 Å². The lowest BCUT2D eigenvalue weighted by Crippen LogP contribution is -2.36. The Balaban J connectivity index is 2.20. The minimum atomic E-state index is -0.177. The van der Waals surface area contributed by atoms with Gasteiger partial charge in [0.1, 0.15) is 0 Å². The molecule has 0 radical (unpaired) electrons. The predicted molar refractivity (Wildman–Crippen MR) is 86.3 cm³/mol. The van der Waals surface area contributed by atoms with Crippen LogP contribution in [-0.2, 0) is 0 Å². The van der Waals surface area contributed by atoms with E-state index in [4.69, 9.17) is 0 Å². The van der Waals surface area contributed by atoms with Crippen molar-refractivity contribution in [2.45, 2.75) is 0 Å². The first-order chi connectivity index (χ1) is 9.81. The molecular formula is C16H14N2OS. The molecule has 1 heterocycles. The van der Waals surface area contributed by atoms with E-state index in [1.807, 2.05) is 60.7 Å². The summed E-state index contributed by atoms with van der Waals surface area (Å²) >= 11 is 4.07. The largest absolute Gasteiger partial charge is 0.329 e. The van der Waals surface area contributed by atoms with Gasteiger partial charge in [-0.2, -0.15) is 12.6 Å². The van der Waals surface area contributed by atoms with Crippen LogP contribution in [0, 0.1) is 0 Å². The van der Waals surface area contributed by atoms with Crippen LogP contribution >= 0.6 is 12.6 Å². The molecule has 0 unspecified atom stereocenters. The Labute approximate surface area is 123 Å². The molecule has 1 aliphatic heterocycles. The Bertz CT molecular complexity index is 632. The summed E-state index contributed by atoms with van der Waals surface area (Å²) in [4.78, 5) is 14.1. The van der Waals surface area contributed by atoms with Gasteiger partial charge in [0.25, 0.3) is 0 Å². The SMILES string of the molecule is O=C(NCS)N1c2ccccc2C=Cc2ccccc21. The van der Waals surface area contributed by atoms with Gasteiger partial charge < -0.3 is 5.32 Å². The number of nitrogens with one attached hydrogen (secondary N) is 1. The van der Waals surface area contributed by atoms with Crippen LogP contribution in [0.2, 0.25) is 0 Å². The van der Waals surface area contributed by atoms with Crippen molar-refractivity contribution in [3.63, 3.8) is 0 Å². The Morgan fingerprint density at radius 3 is 1.95 bits per heavy atom. The first-order valence-corrected chi connectivity index (χ1v) is 6.99. The lowest BCUT2D eigenvalue weighted by Gasteiger charge is -2.24. The summed E-state index contributed by atoms with van der Waals surface area (Å²) in [5, 5.41) is 2.75. The number of carbonyl (C=O) groups excluding carboxylic acids is 1. The number of para-hydroxylation sites is 2. The summed E-state index contributed by atoms with van der Waals surface area (Å²) < 4.78 is 0. The number of anilines is 2. The molecule has 1 aliphatic rings. The topological polar surface area (TPSA) is 32.3 Å². The lowest BCUT2D eigenvalue weighted by molar-refractivity contribution is 0.250. The standard InChI is InChI=1S/C16H14N2OS/c19-16(17-11-20)18-14-7-3-1-5-12(14)9-10-13-6-2-4-8-15(13)18/h1-10,20H,11H2,(H,17,19). The van der Waals surface area contributed by atoms with Crippen LogP contribution in [0.1, 0.15) is 11.1 Å². The molecule has 0 spiro atoms. The monoisotopic (exact) mass is 282 g/mol. The number of urea groups is 1. The maximum absolute atomic E-state index is 12.4. The van der Waals surface area contributed by atoms with Crippen LogP contribution < -0.4 is 10.2 Å². The first-order valence-electron chi connectivity index (χ1n) is 6.36. The molecule has 20 heavy (non-hydrogen) atoms. The maximum Gasteiger partial charge on any atom is 0.327 e. The highest BCUT2D eigenvalue weighted by atomic mass is 32.1. The van der Waals surface area contributed by atoms with Gasteiger partial charge in [-0.1, -0.05) is 48.6 Å². The molecule has 2 amide bonds. The van der Waals surface area contributed by atoms with Crippen molar-refractivity contribution in [3.8, 4) is 0 Å². The molecule has 0 fully saturated rings. The first kappa shape index (κ1) is 12.8. The zero-order valence-electron chi connectivity index (χ0n) is 10.8. The van der Waals surface area contributed by atoms with Crippen LogP contribution in [0.25, 0.3) is 12.2 Å². The molecule has 0 saturated carbocycles. The van der Waals surface area contributed by atoms with Crippen molar-refractivity contribution in [3.05, 3.63) is 59.7 Å². The van der Waals surface area contributed by atoms with E-state index in [0.29, 0.717) is 5.88 Å². The molecule has 0 aromatic heterocycles. The number of rotatable bonds is 1. The van der Waals surface area contributed by atoms with E-state index < -0.39 is 0 Å². The van der Waals surface area contributed by atoms with E-state index in [2.05, 4.69) is 17.9 Å². The van der Waals surface area contributed by atoms with Crippen LogP contribution in [0.5, 0.6) is 0 Å². The second-order valence-corrected chi connectivity index (χ2v) is 4.74. The third-order valence-corrected chi connectivity index (χ3v) is 3.39. The summed E-state index contributed by atoms with van der Waals surface area (Å²) in [5.74, 6) is 0.299. The number of hydrogen-bond donors (Lipinski definition) is 2. The molecule has 0 saturated heterocycles. The second-order valence-electron chi connectivity index (χ2n) is 4.43. The molecule has 3 nitrogen and oxygen atoms in total. The maximum atomic E-state index is 12.4. The summed E-state index contributed by atoms with van der Waals surface area (Å²) in [6.07, 6.45) is 4.06. The average Bonchev–Trinajstić information content (AvgIpc) is 2.64. The van der Waals surface area contributed by atoms with Crippen molar-refractivity contribution in [1.29, 1.82) is 0 Å². The Kier molecular flexibility index (Phi) is 3.48. The minimum absolute atomic E-state index is 0.177. The van der Waals surface area contributed by atoms with Gasteiger partial charge in [0.2, 0.25) is 0 Å². The molecular weight excluding hydrogens is 268 g/mol. The number of benzene rings is 2. The van der Waals surface area contributed by atoms with E-state index >= 15 is 0 Å². The summed E-state index contributed by atoms with van der Waals surface area (Å²) in [5.41, 5.74) is 3.76. The second kappa shape index (κ2) is 5.43. The molecule has 2 aromatic rings. The van der Waals surface area contributed by atoms with E-state index in [1.54, 1.807) is 4.90 Å². The van der Waals surface area contributed by atoms with Gasteiger partial charge in [0.15, 0.2) is 0 Å². The van der Waals surface area contributed by atoms with Crippen LogP contribution in [0.15, 0.2) is 48.5 Å². The van der Waals surface area contributed by atoms with Gasteiger partial charge >= 0.3 is 6.03 Å². The third kappa shape index (κ3) is 2.18. The fraction of sp³-hybridized carbons (Fsp3) is 0.0625. The van der Waals surface area contributed by atoms with Gasteiger partial charge in [0, 0.05) is 0 Å². The summed E-state index contributed by atoms with van der Waals surface area (Å²) in [6, 6.07) is 15.5. The third-order valence-electron chi connectivity index (χ3n) is 3.23. The number of fused-ring (bicyclic) bond motifs is 2. The molecule has 0 atom stereocenters. The van der Waals surface area contributed by atoms with Crippen LogP contribution in [-0.4, -0.2) is 11.9 Å². The Hall–Kier alpha value is -2.20. The smallest absolute Gasteiger partial charge is 0.327 e. The zero-order valence-corrected chi connectivity index (χ0v) is 11.7. The van der Waals surface area contributed by atoms with Gasteiger partial charge in [0.05, 0.1) is 17.3 Å². The number of thiol groups is 1. The van der Waals surface area contributed by atoms with E-state index in [-0.39, 0.29) is 6.03 Å². The fourth-order valence-electron chi connectivity index (χ4n) is 2.34. The number of hydrogen-bond acceptors (Lipinski definition) is 2. The molecule has 0 aliphatic carbocycles. The van der Waals surface area contributed by atoms with Crippen molar-refractivity contribution in [2.24, 2.45) is 0 Å². The quantitative estimate of drug-likeness (QED) is 0.603. The van der Waals surface area contributed by atoms with Gasteiger partial charge in [-0.3, -0.25) is 4.90 Å². The predicted octanol–water partition coefficient (Wildman–Crippen LogP) is 3.91. The van der Waals surface area contributed by atoms with Gasteiger partial charge in [-0.25, -0.2) is 4.79 Å². The normalized spacial score (nSPS) is 12.3. The minimum Gasteiger partial charge on any atom is -0.329 e. The van der Waals surface area contributed by atoms with E-state index in [0.717, 1.165) is 22.5 Å². The zero-order chi connectivity index (χ0) is 13.9. The van der Waals surface area contributed by atoms with Crippen LogP contribution in [0.3, 0.4) is 0 Å². The number of nitrogens with zero attached hydrogens (tertiary/aromatic N) is 1. The van der Waals surface area contributed by atoms with Crippen molar-refractivity contribution in [1.82, 2.24) is 5.32 Å². The highest BCUT2D eigenvalue weighted by Crippen LogP contribution is 2.35. The molecule has 100 valence electrons. The lowest BCUT2D eigenvalue weighted by atomic mass is 10.1. The highest BCUT2D eigenvalue weighted by Gasteiger charge is 2.22. The molecule has 2 aromatic carbocycles. The van der Waals surface area contributed by atoms with Crippen molar-refractivity contribution >= 4 is 42.2 Å². The number of carbonyl (C=O) groups is 1. The molecule has 0 bridgehead atoms. The summed E-state index contributed by atoms with van der Waals surface area (Å²) in [6.45, 7) is 0. The van der Waals surface area contributed by atoms with Gasteiger partial charge in [-0.05, 0) is 23.3 Å². The van der Waals surface area contributed by atoms with Crippen LogP contribution in [0.4, 0.5) is 16.2 Å². The molecule has 1 N–H and O–H groups in total. The highest BCUT2D eigenvalue weighted by molar-refractivity contribution is 7.80. The molecule has 4 heteroatoms. The average molecular weight is 282 g/mol.